The van der Waals surface area contributed by atoms with Crippen LogP contribution in [-0.4, -0.2) is 21.0 Å². The van der Waals surface area contributed by atoms with Crippen LogP contribution in [0.4, 0.5) is 4.39 Å². The Morgan fingerprint density at radius 2 is 2.05 bits per heavy atom. The maximum Gasteiger partial charge on any atom is 0.126 e. The van der Waals surface area contributed by atoms with E-state index in [9.17, 15) is 9.50 Å². The highest BCUT2D eigenvalue weighted by Crippen LogP contribution is 2.23. The molecule has 2 aromatic rings. The molecule has 5 heteroatoms. The standard InChI is InChI=1S/C15H18BrFN2O/c1-3-19-14(15(16)10(2)18-19)9-12(20)8-11-6-4-5-7-13(11)17/h4-7,12,20H,3,8-9H2,1-2H3. The third kappa shape index (κ3) is 3.27. The fourth-order valence-corrected chi connectivity index (χ4v) is 2.72. The van der Waals surface area contributed by atoms with Gasteiger partial charge in [-0.25, -0.2) is 4.39 Å². The molecule has 0 amide bonds. The maximum atomic E-state index is 13.6. The van der Waals surface area contributed by atoms with Crippen molar-refractivity contribution in [2.75, 3.05) is 0 Å². The van der Waals surface area contributed by atoms with Crippen molar-refractivity contribution >= 4 is 15.9 Å². The van der Waals surface area contributed by atoms with Gasteiger partial charge in [0.2, 0.25) is 0 Å². The molecule has 0 radical (unpaired) electrons. The summed E-state index contributed by atoms with van der Waals surface area (Å²) in [5.74, 6) is -0.272. The molecule has 1 N–H and O–H groups in total. The summed E-state index contributed by atoms with van der Waals surface area (Å²) in [5, 5.41) is 14.6. The summed E-state index contributed by atoms with van der Waals surface area (Å²) in [5.41, 5.74) is 2.39. The van der Waals surface area contributed by atoms with Gasteiger partial charge in [0.1, 0.15) is 5.82 Å². The van der Waals surface area contributed by atoms with E-state index in [1.165, 1.54) is 6.07 Å². The Morgan fingerprint density at radius 3 is 2.70 bits per heavy atom. The first-order chi connectivity index (χ1) is 9.52. The van der Waals surface area contributed by atoms with Crippen molar-refractivity contribution in [3.63, 3.8) is 0 Å². The Hall–Kier alpha value is -1.20. The molecule has 0 fully saturated rings. The zero-order valence-electron chi connectivity index (χ0n) is 11.6. The minimum absolute atomic E-state index is 0.272. The van der Waals surface area contributed by atoms with Crippen LogP contribution in [0.5, 0.6) is 0 Å². The molecule has 0 spiro atoms. The van der Waals surface area contributed by atoms with Gasteiger partial charge >= 0.3 is 0 Å². The average molecular weight is 341 g/mol. The van der Waals surface area contributed by atoms with E-state index in [1.54, 1.807) is 18.2 Å². The van der Waals surface area contributed by atoms with E-state index >= 15 is 0 Å². The number of hydrogen-bond acceptors (Lipinski definition) is 2. The third-order valence-corrected chi connectivity index (χ3v) is 4.33. The number of nitrogens with zero attached hydrogens (tertiary/aromatic N) is 2. The second-order valence-corrected chi connectivity index (χ2v) is 5.61. The fourth-order valence-electron chi connectivity index (χ4n) is 2.28. The van der Waals surface area contributed by atoms with Gasteiger partial charge in [-0.3, -0.25) is 4.68 Å². The first-order valence-corrected chi connectivity index (χ1v) is 7.45. The van der Waals surface area contributed by atoms with Crippen LogP contribution in [0.25, 0.3) is 0 Å². The maximum absolute atomic E-state index is 13.6. The van der Waals surface area contributed by atoms with E-state index in [0.29, 0.717) is 18.4 Å². The van der Waals surface area contributed by atoms with Crippen molar-refractivity contribution < 1.29 is 9.50 Å². The van der Waals surface area contributed by atoms with Gasteiger partial charge in [0.15, 0.2) is 0 Å². The van der Waals surface area contributed by atoms with E-state index in [4.69, 9.17) is 0 Å². The molecular formula is C15H18BrFN2O. The summed E-state index contributed by atoms with van der Waals surface area (Å²) < 4.78 is 16.4. The minimum atomic E-state index is -0.635. The van der Waals surface area contributed by atoms with Crippen molar-refractivity contribution in [2.24, 2.45) is 0 Å². The summed E-state index contributed by atoms with van der Waals surface area (Å²) in [7, 11) is 0. The molecule has 1 unspecified atom stereocenters. The summed E-state index contributed by atoms with van der Waals surface area (Å²) in [6.45, 7) is 4.67. The molecule has 3 nitrogen and oxygen atoms in total. The van der Waals surface area contributed by atoms with E-state index in [2.05, 4.69) is 21.0 Å². The number of aliphatic hydroxyl groups is 1. The van der Waals surface area contributed by atoms with Gasteiger partial charge < -0.3 is 5.11 Å². The van der Waals surface area contributed by atoms with Crippen LogP contribution < -0.4 is 0 Å². The van der Waals surface area contributed by atoms with Crippen molar-refractivity contribution in [3.8, 4) is 0 Å². The Kier molecular flexibility index (Phi) is 4.94. The molecule has 108 valence electrons. The molecule has 1 aromatic carbocycles. The topological polar surface area (TPSA) is 38.0 Å². The van der Waals surface area contributed by atoms with E-state index in [-0.39, 0.29) is 5.82 Å². The lowest BCUT2D eigenvalue weighted by molar-refractivity contribution is 0.171. The molecule has 1 heterocycles. The van der Waals surface area contributed by atoms with Gasteiger partial charge in [-0.2, -0.15) is 5.10 Å². The lowest BCUT2D eigenvalue weighted by atomic mass is 10.0. The van der Waals surface area contributed by atoms with Crippen molar-refractivity contribution in [2.45, 2.75) is 39.3 Å². The predicted octanol–water partition coefficient (Wildman–Crippen LogP) is 3.26. The lowest BCUT2D eigenvalue weighted by Gasteiger charge is -2.13. The highest BCUT2D eigenvalue weighted by atomic mass is 79.9. The van der Waals surface area contributed by atoms with Crippen molar-refractivity contribution in [1.82, 2.24) is 9.78 Å². The summed E-state index contributed by atoms with van der Waals surface area (Å²) in [6, 6.07) is 6.55. The summed E-state index contributed by atoms with van der Waals surface area (Å²) in [6.07, 6.45) is 0.112. The third-order valence-electron chi connectivity index (χ3n) is 3.30. The molecule has 2 rings (SSSR count). The largest absolute Gasteiger partial charge is 0.392 e. The fraction of sp³-hybridized carbons (Fsp3) is 0.400. The monoisotopic (exact) mass is 340 g/mol. The Morgan fingerprint density at radius 1 is 1.35 bits per heavy atom. The van der Waals surface area contributed by atoms with Gasteiger partial charge in [-0.15, -0.1) is 0 Å². The minimum Gasteiger partial charge on any atom is -0.392 e. The Bertz CT molecular complexity index is 598. The molecule has 1 atom stereocenters. The van der Waals surface area contributed by atoms with Crippen LogP contribution in [0.1, 0.15) is 23.9 Å². The molecule has 0 aliphatic rings. The van der Waals surface area contributed by atoms with Crippen LogP contribution in [0.3, 0.4) is 0 Å². The van der Waals surface area contributed by atoms with Crippen LogP contribution in [0.15, 0.2) is 28.7 Å². The number of halogens is 2. The van der Waals surface area contributed by atoms with E-state index in [1.807, 2.05) is 18.5 Å². The lowest BCUT2D eigenvalue weighted by Crippen LogP contribution is -2.18. The van der Waals surface area contributed by atoms with Gasteiger partial charge in [0.25, 0.3) is 0 Å². The molecule has 0 aliphatic carbocycles. The number of benzene rings is 1. The normalized spacial score (nSPS) is 12.7. The van der Waals surface area contributed by atoms with Crippen LogP contribution in [-0.2, 0) is 19.4 Å². The quantitative estimate of drug-likeness (QED) is 0.907. The second kappa shape index (κ2) is 6.50. The molecule has 0 aliphatic heterocycles. The van der Waals surface area contributed by atoms with E-state index in [0.717, 1.165) is 22.4 Å². The number of aliphatic hydroxyl groups excluding tert-OH is 1. The highest BCUT2D eigenvalue weighted by molar-refractivity contribution is 9.10. The van der Waals surface area contributed by atoms with Gasteiger partial charge in [0.05, 0.1) is 22.0 Å². The zero-order valence-corrected chi connectivity index (χ0v) is 13.2. The molecule has 0 saturated carbocycles. The zero-order chi connectivity index (χ0) is 14.7. The Labute approximate surface area is 126 Å². The average Bonchev–Trinajstić information content (AvgIpc) is 2.69. The van der Waals surface area contributed by atoms with Gasteiger partial charge in [0, 0.05) is 19.4 Å². The van der Waals surface area contributed by atoms with Crippen LogP contribution in [0, 0.1) is 12.7 Å². The molecule has 1 aromatic heterocycles. The smallest absolute Gasteiger partial charge is 0.126 e. The van der Waals surface area contributed by atoms with Crippen molar-refractivity contribution in [3.05, 3.63) is 51.5 Å². The first kappa shape index (κ1) is 15.2. The first-order valence-electron chi connectivity index (χ1n) is 6.66. The van der Waals surface area contributed by atoms with Crippen LogP contribution >= 0.6 is 15.9 Å². The van der Waals surface area contributed by atoms with E-state index < -0.39 is 6.10 Å². The number of aryl methyl sites for hydroxylation is 2. The molecule has 20 heavy (non-hydrogen) atoms. The summed E-state index contributed by atoms with van der Waals surface area (Å²) >= 11 is 3.50. The molecular weight excluding hydrogens is 323 g/mol. The molecule has 0 saturated heterocycles. The van der Waals surface area contributed by atoms with Crippen LogP contribution in [0.2, 0.25) is 0 Å². The summed E-state index contributed by atoms with van der Waals surface area (Å²) in [4.78, 5) is 0. The Balaban J connectivity index is 2.12. The SMILES string of the molecule is CCn1nc(C)c(Br)c1CC(O)Cc1ccccc1F. The second-order valence-electron chi connectivity index (χ2n) is 4.82. The highest BCUT2D eigenvalue weighted by Gasteiger charge is 2.17. The number of rotatable bonds is 5. The predicted molar refractivity (Wildman–Crippen MR) is 80.2 cm³/mol. The van der Waals surface area contributed by atoms with Gasteiger partial charge in [-0.05, 0) is 41.4 Å². The van der Waals surface area contributed by atoms with Gasteiger partial charge in [-0.1, -0.05) is 18.2 Å². The van der Waals surface area contributed by atoms with Crippen molar-refractivity contribution in [1.29, 1.82) is 0 Å². The number of hydrogen-bond donors (Lipinski definition) is 1. The molecule has 0 bridgehead atoms. The number of aromatic nitrogens is 2.